The molecule has 212 valence electrons. The van der Waals surface area contributed by atoms with Gasteiger partial charge in [0.15, 0.2) is 5.11 Å². The Bertz CT molecular complexity index is 1750. The van der Waals surface area contributed by atoms with Gasteiger partial charge in [-0.2, -0.15) is 0 Å². The minimum absolute atomic E-state index is 0.192. The molecule has 0 saturated carbocycles. The van der Waals surface area contributed by atoms with E-state index in [-0.39, 0.29) is 17.6 Å². The van der Waals surface area contributed by atoms with E-state index < -0.39 is 16.0 Å². The molecule has 5 rings (SSSR count). The summed E-state index contributed by atoms with van der Waals surface area (Å²) in [6.07, 6.45) is 2.80. The first-order valence-electron chi connectivity index (χ1n) is 12.7. The third kappa shape index (κ3) is 5.35. The van der Waals surface area contributed by atoms with E-state index in [1.807, 2.05) is 53.6 Å². The number of carboxylic acids is 1. The first kappa shape index (κ1) is 28.1. The SMILES string of the molecule is COc1cc(N2C(=S)NC(c3ccccn3)C2c2cc(C)n(-c3ccccc3C(=O)O)c2C)ccc1NS(C)(=O)=O. The summed E-state index contributed by atoms with van der Waals surface area (Å²) in [5, 5.41) is 13.7. The van der Waals surface area contributed by atoms with Gasteiger partial charge in [-0.25, -0.2) is 13.2 Å². The van der Waals surface area contributed by atoms with Gasteiger partial charge in [0.1, 0.15) is 5.75 Å². The van der Waals surface area contributed by atoms with Gasteiger partial charge in [0.25, 0.3) is 0 Å². The van der Waals surface area contributed by atoms with Crippen LogP contribution >= 0.6 is 12.2 Å². The molecule has 2 atom stereocenters. The number of hydrogen-bond donors (Lipinski definition) is 3. The Morgan fingerprint density at radius 2 is 1.83 bits per heavy atom. The summed E-state index contributed by atoms with van der Waals surface area (Å²) in [5.74, 6) is -0.683. The lowest BCUT2D eigenvalue weighted by Crippen LogP contribution is -2.29. The van der Waals surface area contributed by atoms with E-state index in [0.717, 1.165) is 28.9 Å². The highest BCUT2D eigenvalue weighted by atomic mass is 32.2. The van der Waals surface area contributed by atoms with Gasteiger partial charge in [0.2, 0.25) is 10.0 Å². The molecule has 3 N–H and O–H groups in total. The van der Waals surface area contributed by atoms with Crippen LogP contribution in [0, 0.1) is 13.8 Å². The second-order valence-corrected chi connectivity index (χ2v) is 11.9. The van der Waals surface area contributed by atoms with E-state index in [1.165, 1.54) is 7.11 Å². The number of methoxy groups -OCH3 is 1. The maximum Gasteiger partial charge on any atom is 0.337 e. The topological polar surface area (TPSA) is 126 Å². The molecule has 0 radical (unpaired) electrons. The molecule has 2 unspecified atom stereocenters. The van der Waals surface area contributed by atoms with Crippen LogP contribution in [-0.2, 0) is 10.0 Å². The van der Waals surface area contributed by atoms with Crippen molar-refractivity contribution in [3.05, 3.63) is 101 Å². The maximum absolute atomic E-state index is 12.1. The van der Waals surface area contributed by atoms with Gasteiger partial charge in [0, 0.05) is 29.3 Å². The molecule has 1 aliphatic heterocycles. The Hall–Kier alpha value is -4.42. The smallest absolute Gasteiger partial charge is 0.337 e. The molecule has 1 saturated heterocycles. The molecule has 2 aromatic heterocycles. The summed E-state index contributed by atoms with van der Waals surface area (Å²) in [6.45, 7) is 3.89. The first-order chi connectivity index (χ1) is 19.5. The molecule has 0 aliphatic carbocycles. The van der Waals surface area contributed by atoms with Crippen molar-refractivity contribution >= 4 is 44.7 Å². The fraction of sp³-hybridized carbons (Fsp3) is 0.207. The normalized spacial score (nSPS) is 16.9. The monoisotopic (exact) mass is 591 g/mol. The predicted molar refractivity (Wildman–Crippen MR) is 162 cm³/mol. The van der Waals surface area contributed by atoms with Crippen molar-refractivity contribution in [1.29, 1.82) is 0 Å². The number of aromatic nitrogens is 2. The molecule has 2 aromatic carbocycles. The third-order valence-corrected chi connectivity index (χ3v) is 7.93. The van der Waals surface area contributed by atoms with E-state index in [2.05, 4.69) is 15.0 Å². The highest BCUT2D eigenvalue weighted by Crippen LogP contribution is 2.45. The number of ether oxygens (including phenoxy) is 1. The minimum atomic E-state index is -3.53. The van der Waals surface area contributed by atoms with Gasteiger partial charge in [-0.15, -0.1) is 0 Å². The zero-order chi connectivity index (χ0) is 29.5. The lowest BCUT2D eigenvalue weighted by Gasteiger charge is -2.29. The number of sulfonamides is 1. The minimum Gasteiger partial charge on any atom is -0.494 e. The van der Waals surface area contributed by atoms with Crippen molar-refractivity contribution in [3.63, 3.8) is 0 Å². The van der Waals surface area contributed by atoms with Crippen molar-refractivity contribution in [2.24, 2.45) is 0 Å². The number of para-hydroxylation sites is 1. The molecular weight excluding hydrogens is 562 g/mol. The molecule has 3 heterocycles. The quantitative estimate of drug-likeness (QED) is 0.249. The zero-order valence-electron chi connectivity index (χ0n) is 22.8. The van der Waals surface area contributed by atoms with Crippen molar-refractivity contribution in [2.45, 2.75) is 25.9 Å². The van der Waals surface area contributed by atoms with E-state index in [1.54, 1.807) is 42.6 Å². The van der Waals surface area contributed by atoms with Crippen molar-refractivity contribution in [2.75, 3.05) is 23.0 Å². The van der Waals surface area contributed by atoms with Crippen LogP contribution in [0.15, 0.2) is 72.9 Å². The van der Waals surface area contributed by atoms with Crippen molar-refractivity contribution in [1.82, 2.24) is 14.9 Å². The number of aromatic carboxylic acids is 1. The Kier molecular flexibility index (Phi) is 7.45. The van der Waals surface area contributed by atoms with Crippen molar-refractivity contribution < 1.29 is 23.1 Å². The van der Waals surface area contributed by atoms with E-state index in [4.69, 9.17) is 17.0 Å². The Morgan fingerprint density at radius 1 is 1.10 bits per heavy atom. The van der Waals surface area contributed by atoms with E-state index >= 15 is 0 Å². The number of carbonyl (C=O) groups is 1. The van der Waals surface area contributed by atoms with Crippen LogP contribution in [0.3, 0.4) is 0 Å². The predicted octanol–water partition coefficient (Wildman–Crippen LogP) is 4.74. The number of anilines is 2. The van der Waals surface area contributed by atoms with Gasteiger partial charge < -0.3 is 24.6 Å². The largest absolute Gasteiger partial charge is 0.494 e. The second kappa shape index (κ2) is 10.9. The molecule has 12 heteroatoms. The van der Waals surface area contributed by atoms with Gasteiger partial charge >= 0.3 is 5.97 Å². The van der Waals surface area contributed by atoms with Gasteiger partial charge in [0.05, 0.1) is 48.1 Å². The maximum atomic E-state index is 12.1. The number of nitrogens with one attached hydrogen (secondary N) is 2. The van der Waals surface area contributed by atoms with Crippen LogP contribution in [0.5, 0.6) is 5.75 Å². The zero-order valence-corrected chi connectivity index (χ0v) is 24.5. The molecule has 0 bridgehead atoms. The van der Waals surface area contributed by atoms with Crippen LogP contribution < -0.4 is 19.7 Å². The van der Waals surface area contributed by atoms with Crippen LogP contribution in [0.4, 0.5) is 11.4 Å². The molecular formula is C29H29N5O5S2. The molecule has 1 fully saturated rings. The summed E-state index contributed by atoms with van der Waals surface area (Å²) in [5.41, 5.74) is 5.14. The Balaban J connectivity index is 1.69. The molecule has 0 amide bonds. The highest BCUT2D eigenvalue weighted by Gasteiger charge is 2.42. The fourth-order valence-corrected chi connectivity index (χ4v) is 6.28. The van der Waals surface area contributed by atoms with Gasteiger partial charge in [-0.05, 0) is 74.1 Å². The highest BCUT2D eigenvalue weighted by molar-refractivity contribution is 7.92. The second-order valence-electron chi connectivity index (χ2n) is 9.74. The van der Waals surface area contributed by atoms with Crippen LogP contribution in [0.1, 0.15) is 45.1 Å². The van der Waals surface area contributed by atoms with Crippen LogP contribution in [-0.4, -0.2) is 47.5 Å². The summed E-state index contributed by atoms with van der Waals surface area (Å²) >= 11 is 5.86. The molecule has 4 aromatic rings. The molecule has 0 spiro atoms. The number of benzene rings is 2. The number of nitrogens with zero attached hydrogens (tertiary/aromatic N) is 3. The fourth-order valence-electron chi connectivity index (χ4n) is 5.37. The lowest BCUT2D eigenvalue weighted by molar-refractivity contribution is 0.0697. The first-order valence-corrected chi connectivity index (χ1v) is 15.0. The standard InChI is InChI=1S/C29H29N5O5S2/c1-17-15-21(18(2)33(17)24-11-6-5-9-20(24)28(35)36)27-26(23-10-7-8-14-30-23)31-29(40)34(27)19-12-13-22(25(16-19)39-3)32-41(4,37)38/h5-16,26-27,32H,1-4H3,(H,31,40)(H,35,36). The van der Waals surface area contributed by atoms with E-state index in [9.17, 15) is 18.3 Å². The lowest BCUT2D eigenvalue weighted by atomic mass is 9.96. The van der Waals surface area contributed by atoms with Crippen LogP contribution in [0.2, 0.25) is 0 Å². The number of carboxylic acid groups (broad SMARTS) is 1. The number of pyridine rings is 1. The number of aryl methyl sites for hydroxylation is 1. The van der Waals surface area contributed by atoms with Gasteiger partial charge in [-0.3, -0.25) is 9.71 Å². The Labute approximate surface area is 243 Å². The molecule has 1 aliphatic rings. The summed E-state index contributed by atoms with van der Waals surface area (Å²) in [4.78, 5) is 18.6. The van der Waals surface area contributed by atoms with E-state index in [0.29, 0.717) is 27.9 Å². The summed E-state index contributed by atoms with van der Waals surface area (Å²) < 4.78 is 33.7. The average molecular weight is 592 g/mol. The molecule has 10 nitrogen and oxygen atoms in total. The summed E-state index contributed by atoms with van der Waals surface area (Å²) in [6, 6.07) is 19.0. The van der Waals surface area contributed by atoms with Gasteiger partial charge in [-0.1, -0.05) is 18.2 Å². The Morgan fingerprint density at radius 3 is 2.49 bits per heavy atom. The van der Waals surface area contributed by atoms with Crippen LogP contribution in [0.25, 0.3) is 5.69 Å². The van der Waals surface area contributed by atoms with Crippen molar-refractivity contribution in [3.8, 4) is 11.4 Å². The number of hydrogen-bond acceptors (Lipinski definition) is 6. The summed E-state index contributed by atoms with van der Waals surface area (Å²) in [7, 11) is -2.06. The third-order valence-electron chi connectivity index (χ3n) is 7.02. The number of rotatable bonds is 8. The average Bonchev–Trinajstić information content (AvgIpc) is 3.43. The number of thiocarbonyl (C=S) groups is 1. The molecule has 41 heavy (non-hydrogen) atoms.